The highest BCUT2D eigenvalue weighted by Crippen LogP contribution is 2.24. The van der Waals surface area contributed by atoms with Crippen LogP contribution in [0.5, 0.6) is 0 Å². The zero-order chi connectivity index (χ0) is 10.7. The lowest BCUT2D eigenvalue weighted by molar-refractivity contribution is -0.116. The minimum absolute atomic E-state index is 0.238. The summed E-state index contributed by atoms with van der Waals surface area (Å²) in [6, 6.07) is 8.26. The molecule has 1 fully saturated rings. The van der Waals surface area contributed by atoms with Crippen molar-refractivity contribution in [1.29, 1.82) is 0 Å². The van der Waals surface area contributed by atoms with Crippen LogP contribution in [0.3, 0.4) is 0 Å². The SMILES string of the molecule is CC(=O)Cc1ccccc1N1CCCC1. The molecular formula is C13H17NO. The Morgan fingerprint density at radius 3 is 2.60 bits per heavy atom. The number of hydrogen-bond acceptors (Lipinski definition) is 2. The normalized spacial score (nSPS) is 15.7. The lowest BCUT2D eigenvalue weighted by atomic mass is 10.1. The van der Waals surface area contributed by atoms with E-state index in [1.807, 2.05) is 6.07 Å². The van der Waals surface area contributed by atoms with Crippen molar-refractivity contribution in [3.8, 4) is 0 Å². The summed E-state index contributed by atoms with van der Waals surface area (Å²) < 4.78 is 0. The third-order valence-corrected chi connectivity index (χ3v) is 2.88. The molecule has 0 aromatic heterocycles. The maximum atomic E-state index is 11.2. The second-order valence-corrected chi connectivity index (χ2v) is 4.20. The molecule has 0 radical (unpaired) electrons. The molecule has 0 atom stereocenters. The van der Waals surface area contributed by atoms with Crippen LogP contribution in [0.1, 0.15) is 25.3 Å². The Bertz CT molecular complexity index is 353. The van der Waals surface area contributed by atoms with Crippen molar-refractivity contribution in [2.45, 2.75) is 26.2 Å². The third kappa shape index (κ3) is 2.38. The van der Waals surface area contributed by atoms with Crippen LogP contribution in [0.4, 0.5) is 5.69 Å². The second kappa shape index (κ2) is 4.47. The molecule has 1 heterocycles. The highest BCUT2D eigenvalue weighted by atomic mass is 16.1. The molecule has 15 heavy (non-hydrogen) atoms. The highest BCUT2D eigenvalue weighted by molar-refractivity contribution is 5.80. The van der Waals surface area contributed by atoms with Crippen LogP contribution in [-0.2, 0) is 11.2 Å². The summed E-state index contributed by atoms with van der Waals surface area (Å²) in [4.78, 5) is 13.5. The van der Waals surface area contributed by atoms with E-state index in [2.05, 4.69) is 23.1 Å². The van der Waals surface area contributed by atoms with Crippen LogP contribution >= 0.6 is 0 Å². The zero-order valence-electron chi connectivity index (χ0n) is 9.20. The molecule has 0 N–H and O–H groups in total. The van der Waals surface area contributed by atoms with Gasteiger partial charge in [-0.2, -0.15) is 0 Å². The predicted octanol–water partition coefficient (Wildman–Crippen LogP) is 2.42. The van der Waals surface area contributed by atoms with Crippen molar-refractivity contribution in [1.82, 2.24) is 0 Å². The number of nitrogens with zero attached hydrogens (tertiary/aromatic N) is 1. The molecule has 1 saturated heterocycles. The maximum Gasteiger partial charge on any atom is 0.134 e. The van der Waals surface area contributed by atoms with Crippen LogP contribution in [0.2, 0.25) is 0 Å². The Kier molecular flexibility index (Phi) is 3.05. The first kappa shape index (κ1) is 10.2. The Morgan fingerprint density at radius 2 is 1.93 bits per heavy atom. The molecule has 0 aliphatic carbocycles. The van der Waals surface area contributed by atoms with Crippen LogP contribution in [-0.4, -0.2) is 18.9 Å². The maximum absolute atomic E-state index is 11.2. The fourth-order valence-electron chi connectivity index (χ4n) is 2.20. The Hall–Kier alpha value is -1.31. The number of rotatable bonds is 3. The van der Waals surface area contributed by atoms with E-state index >= 15 is 0 Å². The molecule has 1 aliphatic heterocycles. The summed E-state index contributed by atoms with van der Waals surface area (Å²) in [6.07, 6.45) is 3.11. The molecule has 1 aromatic rings. The van der Waals surface area contributed by atoms with E-state index in [9.17, 15) is 4.79 Å². The first-order valence-corrected chi connectivity index (χ1v) is 5.59. The average molecular weight is 203 g/mol. The lowest BCUT2D eigenvalue weighted by Gasteiger charge is -2.20. The summed E-state index contributed by atoms with van der Waals surface area (Å²) in [5.74, 6) is 0.238. The number of para-hydroxylation sites is 1. The van der Waals surface area contributed by atoms with E-state index in [4.69, 9.17) is 0 Å². The summed E-state index contributed by atoms with van der Waals surface area (Å²) in [5, 5.41) is 0. The number of Topliss-reactive ketones (excluding diaryl/α,β-unsaturated/α-hetero) is 1. The summed E-state index contributed by atoms with van der Waals surface area (Å²) >= 11 is 0. The number of carbonyl (C=O) groups excluding carboxylic acids is 1. The van der Waals surface area contributed by atoms with Gasteiger partial charge >= 0.3 is 0 Å². The van der Waals surface area contributed by atoms with Gasteiger partial charge in [0.25, 0.3) is 0 Å². The molecular weight excluding hydrogens is 186 g/mol. The minimum Gasteiger partial charge on any atom is -0.371 e. The van der Waals surface area contributed by atoms with Gasteiger partial charge in [-0.05, 0) is 31.4 Å². The van der Waals surface area contributed by atoms with Gasteiger partial charge in [0, 0.05) is 25.2 Å². The molecule has 1 aromatic carbocycles. The van der Waals surface area contributed by atoms with Gasteiger partial charge < -0.3 is 4.90 Å². The van der Waals surface area contributed by atoms with Crippen LogP contribution < -0.4 is 4.90 Å². The molecule has 0 spiro atoms. The number of benzene rings is 1. The quantitative estimate of drug-likeness (QED) is 0.752. The Balaban J connectivity index is 2.24. The molecule has 0 saturated carbocycles. The average Bonchev–Trinajstić information content (AvgIpc) is 2.70. The highest BCUT2D eigenvalue weighted by Gasteiger charge is 2.15. The van der Waals surface area contributed by atoms with E-state index in [1.54, 1.807) is 6.92 Å². The number of ketones is 1. The van der Waals surface area contributed by atoms with E-state index < -0.39 is 0 Å². The van der Waals surface area contributed by atoms with Crippen molar-refractivity contribution < 1.29 is 4.79 Å². The van der Waals surface area contributed by atoms with Crippen molar-refractivity contribution in [3.63, 3.8) is 0 Å². The van der Waals surface area contributed by atoms with Gasteiger partial charge in [-0.3, -0.25) is 4.79 Å². The Morgan fingerprint density at radius 1 is 1.27 bits per heavy atom. The van der Waals surface area contributed by atoms with Crippen LogP contribution in [0.15, 0.2) is 24.3 Å². The molecule has 2 heteroatoms. The van der Waals surface area contributed by atoms with Crippen LogP contribution in [0.25, 0.3) is 0 Å². The lowest BCUT2D eigenvalue weighted by Crippen LogP contribution is -2.19. The minimum atomic E-state index is 0.238. The molecule has 0 bridgehead atoms. The summed E-state index contributed by atoms with van der Waals surface area (Å²) in [7, 11) is 0. The van der Waals surface area contributed by atoms with Crippen molar-refractivity contribution in [2.75, 3.05) is 18.0 Å². The van der Waals surface area contributed by atoms with Gasteiger partial charge in [0.05, 0.1) is 0 Å². The first-order valence-electron chi connectivity index (χ1n) is 5.59. The standard InChI is InChI=1S/C13H17NO/c1-11(15)10-12-6-2-3-7-13(12)14-8-4-5-9-14/h2-3,6-7H,4-5,8-10H2,1H3. The van der Waals surface area contributed by atoms with Gasteiger partial charge in [0.1, 0.15) is 5.78 Å². The monoisotopic (exact) mass is 203 g/mol. The molecule has 80 valence electrons. The number of anilines is 1. The second-order valence-electron chi connectivity index (χ2n) is 4.20. The fourth-order valence-corrected chi connectivity index (χ4v) is 2.20. The van der Waals surface area contributed by atoms with Crippen molar-refractivity contribution in [3.05, 3.63) is 29.8 Å². The zero-order valence-corrected chi connectivity index (χ0v) is 9.20. The third-order valence-electron chi connectivity index (χ3n) is 2.88. The fraction of sp³-hybridized carbons (Fsp3) is 0.462. The van der Waals surface area contributed by atoms with Gasteiger partial charge in [-0.25, -0.2) is 0 Å². The molecule has 2 nitrogen and oxygen atoms in total. The first-order chi connectivity index (χ1) is 7.27. The summed E-state index contributed by atoms with van der Waals surface area (Å²) in [5.41, 5.74) is 2.43. The molecule has 2 rings (SSSR count). The largest absolute Gasteiger partial charge is 0.371 e. The van der Waals surface area contributed by atoms with Gasteiger partial charge in [-0.15, -0.1) is 0 Å². The number of hydrogen-bond donors (Lipinski definition) is 0. The molecule has 0 unspecified atom stereocenters. The van der Waals surface area contributed by atoms with Gasteiger partial charge in [-0.1, -0.05) is 18.2 Å². The topological polar surface area (TPSA) is 20.3 Å². The van der Waals surface area contributed by atoms with Crippen molar-refractivity contribution >= 4 is 11.5 Å². The summed E-state index contributed by atoms with van der Waals surface area (Å²) in [6.45, 7) is 3.92. The number of carbonyl (C=O) groups is 1. The van der Waals surface area contributed by atoms with Gasteiger partial charge in [0.15, 0.2) is 0 Å². The van der Waals surface area contributed by atoms with E-state index in [1.165, 1.54) is 24.1 Å². The smallest absolute Gasteiger partial charge is 0.134 e. The van der Waals surface area contributed by atoms with E-state index in [0.717, 1.165) is 13.1 Å². The van der Waals surface area contributed by atoms with Gasteiger partial charge in [0.2, 0.25) is 0 Å². The van der Waals surface area contributed by atoms with Crippen LogP contribution in [0, 0.1) is 0 Å². The predicted molar refractivity (Wildman–Crippen MR) is 62.3 cm³/mol. The van der Waals surface area contributed by atoms with Crippen molar-refractivity contribution in [2.24, 2.45) is 0 Å². The molecule has 0 amide bonds. The van der Waals surface area contributed by atoms with E-state index in [0.29, 0.717) is 6.42 Å². The van der Waals surface area contributed by atoms with E-state index in [-0.39, 0.29) is 5.78 Å². The Labute approximate surface area is 90.9 Å². The molecule has 1 aliphatic rings.